The third kappa shape index (κ3) is 3.87. The zero-order valence-corrected chi connectivity index (χ0v) is 13.8. The lowest BCUT2D eigenvalue weighted by atomic mass is 9.87. The first-order valence-corrected chi connectivity index (χ1v) is 8.21. The Morgan fingerprint density at radius 1 is 0.696 bits per heavy atom. The second-order valence-electron chi connectivity index (χ2n) is 6.34. The van der Waals surface area contributed by atoms with Gasteiger partial charge in [0.05, 0.1) is 0 Å². The summed E-state index contributed by atoms with van der Waals surface area (Å²) in [7, 11) is 0. The minimum atomic E-state index is 0.206. The van der Waals surface area contributed by atoms with Crippen molar-refractivity contribution in [3.05, 3.63) is 81.9 Å². The molecule has 23 heavy (non-hydrogen) atoms. The standard InChI is InChI=1S/C22H22O/c1-16-6-10-18(11-7-16)14-20-4-3-5-21(22(20)23)15-19-12-8-17(2)9-13-19/h6-15H,3-5H2,1-2H3/b20-14+,21-15+. The molecule has 1 saturated carbocycles. The summed E-state index contributed by atoms with van der Waals surface area (Å²) in [5, 5.41) is 0. The SMILES string of the molecule is Cc1ccc(/C=C2\CCC/C(=C\c3ccc(C)cc3)C2=O)cc1. The zero-order chi connectivity index (χ0) is 16.2. The van der Waals surface area contributed by atoms with E-state index in [0.717, 1.165) is 41.5 Å². The van der Waals surface area contributed by atoms with Gasteiger partial charge in [-0.2, -0.15) is 0 Å². The topological polar surface area (TPSA) is 17.1 Å². The predicted octanol–water partition coefficient (Wildman–Crippen LogP) is 5.52. The number of allylic oxidation sites excluding steroid dienone is 2. The van der Waals surface area contributed by atoms with Gasteiger partial charge in [-0.3, -0.25) is 4.79 Å². The summed E-state index contributed by atoms with van der Waals surface area (Å²) in [5.41, 5.74) is 6.55. The van der Waals surface area contributed by atoms with Gasteiger partial charge >= 0.3 is 0 Å². The van der Waals surface area contributed by atoms with Gasteiger partial charge in [-0.05, 0) is 56.4 Å². The number of carbonyl (C=O) groups is 1. The Hall–Kier alpha value is -2.41. The third-order valence-corrected chi connectivity index (χ3v) is 4.31. The Morgan fingerprint density at radius 3 is 1.48 bits per heavy atom. The van der Waals surface area contributed by atoms with Crippen molar-refractivity contribution < 1.29 is 4.79 Å². The Bertz CT molecular complexity index is 693. The van der Waals surface area contributed by atoms with Gasteiger partial charge in [-0.1, -0.05) is 59.7 Å². The summed E-state index contributed by atoms with van der Waals surface area (Å²) < 4.78 is 0. The predicted molar refractivity (Wildman–Crippen MR) is 97.2 cm³/mol. The zero-order valence-electron chi connectivity index (χ0n) is 13.8. The molecule has 2 aromatic rings. The fraction of sp³-hybridized carbons (Fsp3) is 0.227. The summed E-state index contributed by atoms with van der Waals surface area (Å²) in [6, 6.07) is 16.7. The molecule has 0 bridgehead atoms. The lowest BCUT2D eigenvalue weighted by Gasteiger charge is -2.16. The maximum absolute atomic E-state index is 12.7. The Balaban J connectivity index is 1.86. The third-order valence-electron chi connectivity index (χ3n) is 4.31. The summed E-state index contributed by atoms with van der Waals surface area (Å²) in [4.78, 5) is 12.7. The molecule has 0 amide bonds. The summed E-state index contributed by atoms with van der Waals surface area (Å²) in [6.45, 7) is 4.15. The average Bonchev–Trinajstić information content (AvgIpc) is 2.55. The van der Waals surface area contributed by atoms with Gasteiger partial charge in [0.25, 0.3) is 0 Å². The van der Waals surface area contributed by atoms with Crippen LogP contribution in [0.4, 0.5) is 0 Å². The number of ketones is 1. The van der Waals surface area contributed by atoms with Gasteiger partial charge in [0.2, 0.25) is 0 Å². The highest BCUT2D eigenvalue weighted by Crippen LogP contribution is 2.28. The molecule has 1 nitrogen and oxygen atoms in total. The maximum atomic E-state index is 12.7. The maximum Gasteiger partial charge on any atom is 0.185 e. The molecule has 0 saturated heterocycles. The molecule has 0 aliphatic heterocycles. The number of Topliss-reactive ketones (excluding diaryl/α,β-unsaturated/α-hetero) is 1. The van der Waals surface area contributed by atoms with Gasteiger partial charge < -0.3 is 0 Å². The smallest absolute Gasteiger partial charge is 0.185 e. The molecule has 1 aliphatic carbocycles. The molecule has 0 unspecified atom stereocenters. The van der Waals surface area contributed by atoms with Gasteiger partial charge in [-0.25, -0.2) is 0 Å². The fourth-order valence-electron chi connectivity index (χ4n) is 2.91. The second kappa shape index (κ2) is 6.78. The molecule has 3 rings (SSSR count). The van der Waals surface area contributed by atoms with Crippen molar-refractivity contribution in [1.82, 2.24) is 0 Å². The number of hydrogen-bond donors (Lipinski definition) is 0. The molecule has 0 aromatic heterocycles. The van der Waals surface area contributed by atoms with E-state index in [-0.39, 0.29) is 5.78 Å². The van der Waals surface area contributed by atoms with Crippen molar-refractivity contribution in [2.75, 3.05) is 0 Å². The van der Waals surface area contributed by atoms with E-state index in [1.807, 2.05) is 12.2 Å². The number of rotatable bonds is 2. The second-order valence-corrected chi connectivity index (χ2v) is 6.34. The number of aryl methyl sites for hydroxylation is 2. The quantitative estimate of drug-likeness (QED) is 0.667. The molecule has 0 N–H and O–H groups in total. The van der Waals surface area contributed by atoms with Crippen LogP contribution >= 0.6 is 0 Å². The lowest BCUT2D eigenvalue weighted by molar-refractivity contribution is -0.112. The molecule has 1 heteroatoms. The van der Waals surface area contributed by atoms with Crippen molar-refractivity contribution in [3.8, 4) is 0 Å². The van der Waals surface area contributed by atoms with Crippen molar-refractivity contribution in [2.24, 2.45) is 0 Å². The molecule has 0 atom stereocenters. The van der Waals surface area contributed by atoms with E-state index in [0.29, 0.717) is 0 Å². The van der Waals surface area contributed by atoms with Crippen LogP contribution in [0.25, 0.3) is 12.2 Å². The largest absolute Gasteiger partial charge is 0.289 e. The van der Waals surface area contributed by atoms with E-state index in [2.05, 4.69) is 62.4 Å². The van der Waals surface area contributed by atoms with Crippen LogP contribution in [0.3, 0.4) is 0 Å². The van der Waals surface area contributed by atoms with Crippen LogP contribution in [0.2, 0.25) is 0 Å². The Morgan fingerprint density at radius 2 is 1.09 bits per heavy atom. The minimum absolute atomic E-state index is 0.206. The van der Waals surface area contributed by atoms with E-state index >= 15 is 0 Å². The molecule has 0 radical (unpaired) electrons. The van der Waals surface area contributed by atoms with Gasteiger partial charge in [-0.15, -0.1) is 0 Å². The highest BCUT2D eigenvalue weighted by molar-refractivity contribution is 6.13. The van der Waals surface area contributed by atoms with E-state index in [4.69, 9.17) is 0 Å². The van der Waals surface area contributed by atoms with E-state index in [9.17, 15) is 4.79 Å². The fourth-order valence-corrected chi connectivity index (χ4v) is 2.91. The van der Waals surface area contributed by atoms with Crippen LogP contribution in [0.5, 0.6) is 0 Å². The Kier molecular flexibility index (Phi) is 4.57. The van der Waals surface area contributed by atoms with Crippen LogP contribution in [-0.4, -0.2) is 5.78 Å². The first kappa shape index (κ1) is 15.5. The first-order valence-electron chi connectivity index (χ1n) is 8.21. The molecule has 116 valence electrons. The van der Waals surface area contributed by atoms with Crippen molar-refractivity contribution in [2.45, 2.75) is 33.1 Å². The number of hydrogen-bond acceptors (Lipinski definition) is 1. The van der Waals surface area contributed by atoms with Crippen LogP contribution in [0.1, 0.15) is 41.5 Å². The molecular weight excluding hydrogens is 280 g/mol. The molecule has 2 aromatic carbocycles. The molecule has 1 aliphatic rings. The van der Waals surface area contributed by atoms with Crippen molar-refractivity contribution >= 4 is 17.9 Å². The first-order chi connectivity index (χ1) is 11.1. The highest BCUT2D eigenvalue weighted by Gasteiger charge is 2.20. The summed E-state index contributed by atoms with van der Waals surface area (Å²) >= 11 is 0. The van der Waals surface area contributed by atoms with Gasteiger partial charge in [0.15, 0.2) is 5.78 Å². The summed E-state index contributed by atoms with van der Waals surface area (Å²) in [5.74, 6) is 0.206. The molecular formula is C22H22O. The lowest BCUT2D eigenvalue weighted by Crippen LogP contribution is -2.12. The average molecular weight is 302 g/mol. The van der Waals surface area contributed by atoms with Crippen LogP contribution < -0.4 is 0 Å². The van der Waals surface area contributed by atoms with E-state index < -0.39 is 0 Å². The highest BCUT2D eigenvalue weighted by atomic mass is 16.1. The monoisotopic (exact) mass is 302 g/mol. The van der Waals surface area contributed by atoms with Crippen LogP contribution in [0, 0.1) is 13.8 Å². The number of benzene rings is 2. The Labute approximate surface area is 138 Å². The van der Waals surface area contributed by atoms with Gasteiger partial charge in [0.1, 0.15) is 0 Å². The van der Waals surface area contributed by atoms with Crippen molar-refractivity contribution in [1.29, 1.82) is 0 Å². The van der Waals surface area contributed by atoms with Crippen molar-refractivity contribution in [3.63, 3.8) is 0 Å². The van der Waals surface area contributed by atoms with E-state index in [1.54, 1.807) is 0 Å². The minimum Gasteiger partial charge on any atom is -0.289 e. The molecule has 1 fully saturated rings. The van der Waals surface area contributed by atoms with Crippen LogP contribution in [0.15, 0.2) is 59.7 Å². The van der Waals surface area contributed by atoms with Crippen LogP contribution in [-0.2, 0) is 4.79 Å². The summed E-state index contributed by atoms with van der Waals surface area (Å²) in [6.07, 6.45) is 6.88. The van der Waals surface area contributed by atoms with Gasteiger partial charge in [0, 0.05) is 11.1 Å². The molecule has 0 spiro atoms. The normalized spacial score (nSPS) is 18.6. The van der Waals surface area contributed by atoms with E-state index in [1.165, 1.54) is 11.1 Å². The number of carbonyl (C=O) groups excluding carboxylic acids is 1. The molecule has 0 heterocycles.